The first-order valence-corrected chi connectivity index (χ1v) is 7.38. The highest BCUT2D eigenvalue weighted by Gasteiger charge is 2.20. The van der Waals surface area contributed by atoms with Crippen molar-refractivity contribution in [2.24, 2.45) is 5.14 Å². The maximum atomic E-state index is 13.2. The first kappa shape index (κ1) is 12.7. The molecule has 1 unspecified atom stereocenters. The van der Waals surface area contributed by atoms with Crippen LogP contribution in [-0.4, -0.2) is 0 Å². The summed E-state index contributed by atoms with van der Waals surface area (Å²) in [6, 6.07) is 13.6. The zero-order valence-electron chi connectivity index (χ0n) is 10.6. The van der Waals surface area contributed by atoms with Crippen LogP contribution in [-0.2, 0) is 12.8 Å². The van der Waals surface area contributed by atoms with Gasteiger partial charge < -0.3 is 0 Å². The van der Waals surface area contributed by atoms with E-state index >= 15 is 0 Å². The number of hydrogen-bond acceptors (Lipinski definition) is 2. The molecule has 1 nitrogen and oxygen atoms in total. The Bertz CT molecular complexity index is 580. The molecular weight excluding hydrogens is 257 g/mol. The van der Waals surface area contributed by atoms with Crippen LogP contribution in [0.15, 0.2) is 47.4 Å². The van der Waals surface area contributed by atoms with Gasteiger partial charge in [0.05, 0.1) is 0 Å². The van der Waals surface area contributed by atoms with E-state index < -0.39 is 0 Å². The molecule has 1 atom stereocenters. The molecule has 0 saturated carbocycles. The summed E-state index contributed by atoms with van der Waals surface area (Å²) in [6.45, 7) is 0. The molecule has 1 aliphatic carbocycles. The van der Waals surface area contributed by atoms with E-state index in [9.17, 15) is 4.39 Å². The predicted molar refractivity (Wildman–Crippen MR) is 77.7 cm³/mol. The van der Waals surface area contributed by atoms with E-state index in [1.165, 1.54) is 28.6 Å². The van der Waals surface area contributed by atoms with Crippen LogP contribution in [0, 0.1) is 5.82 Å². The minimum atomic E-state index is -0.124. The highest BCUT2D eigenvalue weighted by molar-refractivity contribution is 7.97. The smallest absolute Gasteiger partial charge is 0.123 e. The van der Waals surface area contributed by atoms with Gasteiger partial charge >= 0.3 is 0 Å². The molecule has 2 N–H and O–H groups in total. The highest BCUT2D eigenvalue weighted by atomic mass is 32.2. The molecule has 0 saturated heterocycles. The van der Waals surface area contributed by atoms with E-state index in [4.69, 9.17) is 5.14 Å². The maximum Gasteiger partial charge on any atom is 0.123 e. The SMILES string of the molecule is NSc1ccc(C2CCc3cc(F)ccc3C2)cc1. The fourth-order valence-corrected chi connectivity index (χ4v) is 3.12. The molecule has 19 heavy (non-hydrogen) atoms. The molecule has 0 bridgehead atoms. The Morgan fingerprint density at radius 3 is 2.58 bits per heavy atom. The highest BCUT2D eigenvalue weighted by Crippen LogP contribution is 2.33. The molecule has 0 radical (unpaired) electrons. The lowest BCUT2D eigenvalue weighted by Crippen LogP contribution is -2.13. The molecule has 2 aromatic rings. The minimum Gasteiger partial charge on any atom is -0.274 e. The minimum absolute atomic E-state index is 0.124. The van der Waals surface area contributed by atoms with E-state index in [0.717, 1.165) is 24.2 Å². The number of benzene rings is 2. The van der Waals surface area contributed by atoms with Crippen LogP contribution < -0.4 is 5.14 Å². The van der Waals surface area contributed by atoms with Gasteiger partial charge in [0.1, 0.15) is 5.82 Å². The van der Waals surface area contributed by atoms with E-state index in [-0.39, 0.29) is 5.82 Å². The van der Waals surface area contributed by atoms with Crippen molar-refractivity contribution in [2.75, 3.05) is 0 Å². The molecule has 0 aromatic heterocycles. The van der Waals surface area contributed by atoms with Gasteiger partial charge in [0.15, 0.2) is 0 Å². The Kier molecular flexibility index (Phi) is 3.58. The number of fused-ring (bicyclic) bond motifs is 1. The van der Waals surface area contributed by atoms with E-state index in [1.54, 1.807) is 12.1 Å². The number of hydrogen-bond donors (Lipinski definition) is 1. The topological polar surface area (TPSA) is 26.0 Å². The second kappa shape index (κ2) is 5.35. The first-order chi connectivity index (χ1) is 9.26. The molecule has 0 spiro atoms. The number of nitrogens with two attached hydrogens (primary N) is 1. The summed E-state index contributed by atoms with van der Waals surface area (Å²) in [5.74, 6) is 0.413. The van der Waals surface area contributed by atoms with E-state index in [2.05, 4.69) is 24.3 Å². The van der Waals surface area contributed by atoms with Gasteiger partial charge in [-0.15, -0.1) is 0 Å². The molecule has 0 heterocycles. The van der Waals surface area contributed by atoms with Crippen molar-refractivity contribution >= 4 is 11.9 Å². The van der Waals surface area contributed by atoms with Gasteiger partial charge in [0.25, 0.3) is 0 Å². The molecule has 1 aliphatic rings. The summed E-state index contributed by atoms with van der Waals surface area (Å²) >= 11 is 1.27. The van der Waals surface area contributed by atoms with Crippen LogP contribution in [0.1, 0.15) is 29.0 Å². The fourth-order valence-electron chi connectivity index (χ4n) is 2.83. The number of aryl methyl sites for hydroxylation is 1. The standard InChI is InChI=1S/C16H16FNS/c17-15-6-3-13-9-12(1-2-14(13)10-15)11-4-7-16(19-18)8-5-11/h3-8,10,12H,1-2,9,18H2. The van der Waals surface area contributed by atoms with Crippen LogP contribution in [0.2, 0.25) is 0 Å². The van der Waals surface area contributed by atoms with E-state index in [1.807, 2.05) is 6.07 Å². The predicted octanol–water partition coefficient (Wildman–Crippen LogP) is 4.06. The van der Waals surface area contributed by atoms with Gasteiger partial charge in [-0.2, -0.15) is 0 Å². The van der Waals surface area contributed by atoms with Gasteiger partial charge in [-0.25, -0.2) is 4.39 Å². The Morgan fingerprint density at radius 1 is 1.05 bits per heavy atom. The lowest BCUT2D eigenvalue weighted by molar-refractivity contribution is 0.572. The quantitative estimate of drug-likeness (QED) is 0.835. The zero-order valence-corrected chi connectivity index (χ0v) is 11.4. The summed E-state index contributed by atoms with van der Waals surface area (Å²) in [5.41, 5.74) is 3.81. The Hall–Kier alpha value is -1.32. The lowest BCUT2D eigenvalue weighted by atomic mass is 9.80. The summed E-state index contributed by atoms with van der Waals surface area (Å²) in [7, 11) is 0. The van der Waals surface area contributed by atoms with E-state index in [0.29, 0.717) is 5.92 Å². The molecule has 0 aliphatic heterocycles. The molecule has 0 fully saturated rings. The van der Waals surface area contributed by atoms with Gasteiger partial charge in [0, 0.05) is 4.90 Å². The third-order valence-electron chi connectivity index (χ3n) is 3.88. The van der Waals surface area contributed by atoms with Crippen molar-refractivity contribution in [3.8, 4) is 0 Å². The number of rotatable bonds is 2. The third-order valence-corrected chi connectivity index (χ3v) is 4.43. The van der Waals surface area contributed by atoms with Crippen molar-refractivity contribution in [1.29, 1.82) is 0 Å². The maximum absolute atomic E-state index is 13.2. The van der Waals surface area contributed by atoms with Crippen molar-refractivity contribution in [3.63, 3.8) is 0 Å². The second-order valence-corrected chi connectivity index (χ2v) is 5.75. The summed E-state index contributed by atoms with van der Waals surface area (Å²) < 4.78 is 13.2. The van der Waals surface area contributed by atoms with Gasteiger partial charge in [-0.1, -0.05) is 18.2 Å². The molecule has 2 aromatic carbocycles. The second-order valence-electron chi connectivity index (χ2n) is 5.04. The Balaban J connectivity index is 1.82. The van der Waals surface area contributed by atoms with Crippen LogP contribution in [0.3, 0.4) is 0 Å². The first-order valence-electron chi connectivity index (χ1n) is 6.50. The van der Waals surface area contributed by atoms with Crippen LogP contribution >= 0.6 is 11.9 Å². The van der Waals surface area contributed by atoms with Gasteiger partial charge in [-0.3, -0.25) is 5.14 Å². The zero-order chi connectivity index (χ0) is 13.2. The van der Waals surface area contributed by atoms with Crippen LogP contribution in [0.25, 0.3) is 0 Å². The third kappa shape index (κ3) is 2.67. The lowest BCUT2D eigenvalue weighted by Gasteiger charge is -2.25. The Morgan fingerprint density at radius 2 is 1.84 bits per heavy atom. The summed E-state index contributed by atoms with van der Waals surface area (Å²) in [4.78, 5) is 1.09. The molecule has 98 valence electrons. The summed E-state index contributed by atoms with van der Waals surface area (Å²) in [6.07, 6.45) is 3.06. The molecular formula is C16H16FNS. The van der Waals surface area contributed by atoms with Gasteiger partial charge in [-0.05, 0) is 78.1 Å². The van der Waals surface area contributed by atoms with Crippen molar-refractivity contribution < 1.29 is 4.39 Å². The number of halogens is 1. The average molecular weight is 273 g/mol. The van der Waals surface area contributed by atoms with Crippen molar-refractivity contribution in [2.45, 2.75) is 30.1 Å². The van der Waals surface area contributed by atoms with Crippen LogP contribution in [0.4, 0.5) is 4.39 Å². The monoisotopic (exact) mass is 273 g/mol. The van der Waals surface area contributed by atoms with Crippen LogP contribution in [0.5, 0.6) is 0 Å². The van der Waals surface area contributed by atoms with Crippen molar-refractivity contribution in [1.82, 2.24) is 0 Å². The molecule has 3 rings (SSSR count). The summed E-state index contributed by atoms with van der Waals surface area (Å²) in [5, 5.41) is 5.54. The van der Waals surface area contributed by atoms with Gasteiger partial charge in [0.2, 0.25) is 0 Å². The fraction of sp³-hybridized carbons (Fsp3) is 0.250. The molecule has 0 amide bonds. The Labute approximate surface area is 117 Å². The molecule has 3 heteroatoms. The normalized spacial score (nSPS) is 18.1. The largest absolute Gasteiger partial charge is 0.274 e. The van der Waals surface area contributed by atoms with Crippen molar-refractivity contribution in [3.05, 3.63) is 65.0 Å². The average Bonchev–Trinajstić information content (AvgIpc) is 2.47.